The first-order chi connectivity index (χ1) is 9.93. The second-order valence-corrected chi connectivity index (χ2v) is 5.45. The Labute approximate surface area is 126 Å². The highest BCUT2D eigenvalue weighted by molar-refractivity contribution is 5.98. The molecule has 5 nitrogen and oxygen atoms in total. The zero-order valence-electron chi connectivity index (χ0n) is 13.2. The van der Waals surface area contributed by atoms with Gasteiger partial charge in [-0.3, -0.25) is 10.2 Å². The van der Waals surface area contributed by atoms with Crippen molar-refractivity contribution in [1.29, 1.82) is 5.41 Å². The summed E-state index contributed by atoms with van der Waals surface area (Å²) in [6.45, 7) is 9.92. The number of hydrogen-bond donors (Lipinski definition) is 1. The van der Waals surface area contributed by atoms with Crippen molar-refractivity contribution in [3.8, 4) is 0 Å². The number of aryl methyl sites for hydroxylation is 3. The van der Waals surface area contributed by atoms with Crippen LogP contribution in [0.15, 0.2) is 12.1 Å². The molecule has 21 heavy (non-hydrogen) atoms. The Morgan fingerprint density at radius 2 is 1.86 bits per heavy atom. The summed E-state index contributed by atoms with van der Waals surface area (Å²) in [5.74, 6) is 0.0968. The molecule has 0 saturated carbocycles. The minimum atomic E-state index is -0.276. The molecule has 1 aliphatic rings. The van der Waals surface area contributed by atoms with Gasteiger partial charge in [-0.15, -0.1) is 0 Å². The molecule has 1 heterocycles. The molecule has 0 aromatic heterocycles. The van der Waals surface area contributed by atoms with E-state index >= 15 is 0 Å². The zero-order valence-corrected chi connectivity index (χ0v) is 13.2. The largest absolute Gasteiger partial charge is 0.465 e. The molecule has 1 N–H and O–H groups in total. The number of benzene rings is 1. The Morgan fingerprint density at radius 1 is 1.24 bits per heavy atom. The summed E-state index contributed by atoms with van der Waals surface area (Å²) in [6, 6.07) is 4.26. The number of ether oxygens (including phenoxy) is 1. The monoisotopic (exact) mass is 289 g/mol. The number of carbonyl (C=O) groups is 1. The normalized spacial score (nSPS) is 14.8. The Morgan fingerprint density at radius 3 is 2.43 bits per heavy atom. The summed E-state index contributed by atoms with van der Waals surface area (Å²) in [7, 11) is 0. The van der Waals surface area contributed by atoms with Crippen molar-refractivity contribution < 1.29 is 9.53 Å². The van der Waals surface area contributed by atoms with Crippen LogP contribution >= 0.6 is 0 Å². The molecule has 114 valence electrons. The van der Waals surface area contributed by atoms with Crippen LogP contribution in [0.5, 0.6) is 0 Å². The summed E-state index contributed by atoms with van der Waals surface area (Å²) < 4.78 is 4.96. The molecule has 1 aromatic rings. The Hall–Kier alpha value is -2.04. The highest BCUT2D eigenvalue weighted by Crippen LogP contribution is 2.28. The summed E-state index contributed by atoms with van der Waals surface area (Å²) in [5, 5.41) is 8.32. The van der Waals surface area contributed by atoms with Crippen LogP contribution in [0.1, 0.15) is 23.6 Å². The van der Waals surface area contributed by atoms with Crippen LogP contribution in [-0.4, -0.2) is 43.1 Å². The SMILES string of the molecule is CCOC(=O)CN1CCN(c2c(C)cc(C)cc2C)C1=N. The Kier molecular flexibility index (Phi) is 4.50. The van der Waals surface area contributed by atoms with Gasteiger partial charge in [0.1, 0.15) is 6.54 Å². The van der Waals surface area contributed by atoms with E-state index in [1.54, 1.807) is 11.8 Å². The van der Waals surface area contributed by atoms with E-state index in [1.807, 2.05) is 4.90 Å². The number of carbonyl (C=O) groups excluding carboxylic acids is 1. The summed E-state index contributed by atoms with van der Waals surface area (Å²) in [4.78, 5) is 15.3. The molecular weight excluding hydrogens is 266 g/mol. The van der Waals surface area contributed by atoms with Gasteiger partial charge in [0, 0.05) is 18.8 Å². The molecule has 1 aliphatic heterocycles. The van der Waals surface area contributed by atoms with Crippen LogP contribution in [0.25, 0.3) is 0 Å². The lowest BCUT2D eigenvalue weighted by Gasteiger charge is -2.24. The fourth-order valence-electron chi connectivity index (χ4n) is 2.94. The van der Waals surface area contributed by atoms with Crippen LogP contribution in [-0.2, 0) is 9.53 Å². The quantitative estimate of drug-likeness (QED) is 0.864. The fourth-order valence-corrected chi connectivity index (χ4v) is 2.94. The third-order valence-electron chi connectivity index (χ3n) is 3.68. The van der Waals surface area contributed by atoms with Crippen LogP contribution in [0.4, 0.5) is 5.69 Å². The van der Waals surface area contributed by atoms with Gasteiger partial charge in [-0.05, 0) is 38.8 Å². The van der Waals surface area contributed by atoms with Crippen LogP contribution in [0.3, 0.4) is 0 Å². The Balaban J connectivity index is 2.17. The van der Waals surface area contributed by atoms with Gasteiger partial charge < -0.3 is 14.5 Å². The lowest BCUT2D eigenvalue weighted by molar-refractivity contribution is -0.143. The molecule has 1 saturated heterocycles. The standard InChI is InChI=1S/C16H23N3O2/c1-5-21-14(20)10-18-6-7-19(16(18)17)15-12(3)8-11(2)9-13(15)4/h8-9,17H,5-7,10H2,1-4H3. The van der Waals surface area contributed by atoms with Gasteiger partial charge in [-0.25, -0.2) is 0 Å². The molecule has 2 rings (SSSR count). The first kappa shape index (κ1) is 15.4. The van der Waals surface area contributed by atoms with E-state index < -0.39 is 0 Å². The van der Waals surface area contributed by atoms with Crippen molar-refractivity contribution in [2.75, 3.05) is 31.1 Å². The van der Waals surface area contributed by atoms with Gasteiger partial charge in [0.15, 0.2) is 5.96 Å². The van der Waals surface area contributed by atoms with Crippen molar-refractivity contribution in [2.45, 2.75) is 27.7 Å². The first-order valence-corrected chi connectivity index (χ1v) is 7.28. The highest BCUT2D eigenvalue weighted by Gasteiger charge is 2.29. The lowest BCUT2D eigenvalue weighted by Crippen LogP contribution is -2.37. The van der Waals surface area contributed by atoms with E-state index in [9.17, 15) is 4.79 Å². The number of nitrogens with one attached hydrogen (secondary N) is 1. The first-order valence-electron chi connectivity index (χ1n) is 7.28. The van der Waals surface area contributed by atoms with E-state index in [4.69, 9.17) is 10.1 Å². The second kappa shape index (κ2) is 6.16. The van der Waals surface area contributed by atoms with Crippen molar-refractivity contribution >= 4 is 17.6 Å². The van der Waals surface area contributed by atoms with Gasteiger partial charge in [-0.1, -0.05) is 17.7 Å². The molecule has 5 heteroatoms. The Bertz CT molecular complexity index is 546. The van der Waals surface area contributed by atoms with Crippen LogP contribution in [0, 0.1) is 26.2 Å². The number of rotatable bonds is 4. The zero-order chi connectivity index (χ0) is 15.6. The van der Waals surface area contributed by atoms with Crippen molar-refractivity contribution in [1.82, 2.24) is 4.90 Å². The highest BCUT2D eigenvalue weighted by atomic mass is 16.5. The molecule has 0 atom stereocenters. The third-order valence-corrected chi connectivity index (χ3v) is 3.68. The predicted molar refractivity (Wildman–Crippen MR) is 83.9 cm³/mol. The van der Waals surface area contributed by atoms with E-state index in [1.165, 1.54) is 5.56 Å². The van der Waals surface area contributed by atoms with E-state index in [-0.39, 0.29) is 12.5 Å². The number of guanidine groups is 1. The van der Waals surface area contributed by atoms with Crippen molar-refractivity contribution in [3.63, 3.8) is 0 Å². The van der Waals surface area contributed by atoms with Gasteiger partial charge >= 0.3 is 5.97 Å². The number of esters is 1. The maximum Gasteiger partial charge on any atom is 0.325 e. The smallest absolute Gasteiger partial charge is 0.325 e. The maximum atomic E-state index is 11.6. The molecule has 0 bridgehead atoms. The molecule has 1 aromatic carbocycles. The van der Waals surface area contributed by atoms with Crippen molar-refractivity contribution in [2.24, 2.45) is 0 Å². The molecule has 0 aliphatic carbocycles. The second-order valence-electron chi connectivity index (χ2n) is 5.45. The molecular formula is C16H23N3O2. The molecule has 0 unspecified atom stereocenters. The van der Waals surface area contributed by atoms with E-state index in [2.05, 4.69) is 32.9 Å². The average molecular weight is 289 g/mol. The lowest BCUT2D eigenvalue weighted by atomic mass is 10.0. The molecule has 0 spiro atoms. The number of nitrogens with zero attached hydrogens (tertiary/aromatic N) is 2. The van der Waals surface area contributed by atoms with Gasteiger partial charge in [-0.2, -0.15) is 0 Å². The average Bonchev–Trinajstić information content (AvgIpc) is 2.71. The van der Waals surface area contributed by atoms with Gasteiger partial charge in [0.25, 0.3) is 0 Å². The fraction of sp³-hybridized carbons (Fsp3) is 0.500. The summed E-state index contributed by atoms with van der Waals surface area (Å²) >= 11 is 0. The molecule has 0 amide bonds. The summed E-state index contributed by atoms with van der Waals surface area (Å²) in [5.41, 5.74) is 4.63. The molecule has 1 fully saturated rings. The van der Waals surface area contributed by atoms with E-state index in [0.29, 0.717) is 19.1 Å². The topological polar surface area (TPSA) is 56.6 Å². The van der Waals surface area contributed by atoms with Gasteiger partial charge in [0.05, 0.1) is 6.61 Å². The van der Waals surface area contributed by atoms with E-state index in [0.717, 1.165) is 23.4 Å². The summed E-state index contributed by atoms with van der Waals surface area (Å²) in [6.07, 6.45) is 0. The predicted octanol–water partition coefficient (Wildman–Crippen LogP) is 2.23. The van der Waals surface area contributed by atoms with Crippen LogP contribution < -0.4 is 4.90 Å². The molecule has 0 radical (unpaired) electrons. The minimum absolute atomic E-state index is 0.146. The number of hydrogen-bond acceptors (Lipinski definition) is 3. The van der Waals surface area contributed by atoms with Gasteiger partial charge in [0.2, 0.25) is 0 Å². The minimum Gasteiger partial charge on any atom is -0.465 e. The maximum absolute atomic E-state index is 11.6. The third kappa shape index (κ3) is 3.17. The number of anilines is 1. The van der Waals surface area contributed by atoms with Crippen LogP contribution in [0.2, 0.25) is 0 Å². The van der Waals surface area contributed by atoms with Crippen molar-refractivity contribution in [3.05, 3.63) is 28.8 Å².